The van der Waals surface area contributed by atoms with Crippen LogP contribution >= 0.6 is 0 Å². The van der Waals surface area contributed by atoms with E-state index >= 15 is 0 Å². The molecule has 0 saturated heterocycles. The van der Waals surface area contributed by atoms with E-state index in [-0.39, 0.29) is 11.6 Å². The van der Waals surface area contributed by atoms with Gasteiger partial charge >= 0.3 is 0 Å². The summed E-state index contributed by atoms with van der Waals surface area (Å²) in [7, 11) is -3.59. The molecule has 0 aliphatic heterocycles. The maximum Gasteiger partial charge on any atom is 0.257 e. The standard InChI is InChI=1S/C13H13N5O3S/c19-22(20,12-8-14-9-15-12)16-7-6-11-17-18-13(21-11)10-4-2-1-3-5-10/h1-5,8-9,16H,6-7H2,(H,14,15). The van der Waals surface area contributed by atoms with Crippen molar-refractivity contribution in [3.05, 3.63) is 48.7 Å². The van der Waals surface area contributed by atoms with Crippen molar-refractivity contribution in [3.8, 4) is 11.5 Å². The van der Waals surface area contributed by atoms with Crippen LogP contribution in [0.4, 0.5) is 0 Å². The van der Waals surface area contributed by atoms with E-state index in [0.717, 1.165) is 5.56 Å². The van der Waals surface area contributed by atoms with Gasteiger partial charge in [0.1, 0.15) is 0 Å². The highest BCUT2D eigenvalue weighted by atomic mass is 32.2. The van der Waals surface area contributed by atoms with Gasteiger partial charge in [-0.05, 0) is 12.1 Å². The second-order valence-electron chi connectivity index (χ2n) is 4.43. The van der Waals surface area contributed by atoms with Gasteiger partial charge in [-0.25, -0.2) is 18.1 Å². The molecule has 9 heteroatoms. The molecule has 3 rings (SSSR count). The zero-order valence-electron chi connectivity index (χ0n) is 11.4. The minimum absolute atomic E-state index is 0.0167. The van der Waals surface area contributed by atoms with E-state index in [1.807, 2.05) is 30.3 Å². The molecular formula is C13H13N5O3S. The van der Waals surface area contributed by atoms with Crippen LogP contribution in [0.2, 0.25) is 0 Å². The lowest BCUT2D eigenvalue weighted by atomic mass is 10.2. The summed E-state index contributed by atoms with van der Waals surface area (Å²) in [5.41, 5.74) is 0.819. The Hall–Kier alpha value is -2.52. The maximum absolute atomic E-state index is 11.9. The zero-order valence-corrected chi connectivity index (χ0v) is 12.2. The third-order valence-corrected chi connectivity index (χ3v) is 4.27. The fourth-order valence-corrected chi connectivity index (χ4v) is 2.75. The van der Waals surface area contributed by atoms with Gasteiger partial charge < -0.3 is 9.40 Å². The lowest BCUT2D eigenvalue weighted by molar-refractivity contribution is 0.501. The fraction of sp³-hybridized carbons (Fsp3) is 0.154. The third kappa shape index (κ3) is 3.21. The van der Waals surface area contributed by atoms with E-state index in [4.69, 9.17) is 4.42 Å². The van der Waals surface area contributed by atoms with Crippen molar-refractivity contribution < 1.29 is 12.8 Å². The first-order valence-corrected chi connectivity index (χ1v) is 7.99. The number of benzene rings is 1. The van der Waals surface area contributed by atoms with E-state index in [9.17, 15) is 8.42 Å². The first kappa shape index (κ1) is 14.4. The number of hydrogen-bond donors (Lipinski definition) is 2. The predicted octanol–water partition coefficient (Wildman–Crippen LogP) is 0.981. The van der Waals surface area contributed by atoms with E-state index < -0.39 is 10.0 Å². The summed E-state index contributed by atoms with van der Waals surface area (Å²) in [6.45, 7) is 0.151. The number of imidazole rings is 1. The molecule has 0 bridgehead atoms. The van der Waals surface area contributed by atoms with Gasteiger partial charge in [0.2, 0.25) is 11.8 Å². The minimum atomic E-state index is -3.59. The summed E-state index contributed by atoms with van der Waals surface area (Å²) in [5, 5.41) is 7.86. The van der Waals surface area contributed by atoms with E-state index in [1.54, 1.807) is 0 Å². The van der Waals surface area contributed by atoms with Gasteiger partial charge in [-0.1, -0.05) is 18.2 Å². The number of nitrogens with zero attached hydrogens (tertiary/aromatic N) is 3. The predicted molar refractivity (Wildman–Crippen MR) is 77.2 cm³/mol. The molecule has 0 atom stereocenters. The summed E-state index contributed by atoms with van der Waals surface area (Å²) in [5.74, 6) is 0.776. The Balaban J connectivity index is 1.60. The smallest absolute Gasteiger partial charge is 0.257 e. The van der Waals surface area contributed by atoms with Crippen molar-refractivity contribution in [3.63, 3.8) is 0 Å². The number of sulfonamides is 1. The molecule has 0 spiro atoms. The highest BCUT2D eigenvalue weighted by Crippen LogP contribution is 2.16. The van der Waals surface area contributed by atoms with Gasteiger partial charge in [-0.15, -0.1) is 10.2 Å². The largest absolute Gasteiger partial charge is 0.421 e. The quantitative estimate of drug-likeness (QED) is 0.700. The summed E-state index contributed by atoms with van der Waals surface area (Å²) in [6, 6.07) is 9.36. The van der Waals surface area contributed by atoms with Crippen LogP contribution in [0.25, 0.3) is 11.5 Å². The molecule has 1 aromatic carbocycles. The second kappa shape index (κ2) is 6.08. The van der Waals surface area contributed by atoms with Crippen LogP contribution in [0.15, 0.2) is 52.3 Å². The minimum Gasteiger partial charge on any atom is -0.421 e. The average Bonchev–Trinajstić information content (AvgIpc) is 3.20. The van der Waals surface area contributed by atoms with Crippen molar-refractivity contribution in [2.24, 2.45) is 0 Å². The third-order valence-electron chi connectivity index (χ3n) is 2.88. The molecule has 2 heterocycles. The highest BCUT2D eigenvalue weighted by Gasteiger charge is 2.15. The molecule has 3 aromatic rings. The Kier molecular flexibility index (Phi) is 3.98. The van der Waals surface area contributed by atoms with Crippen molar-refractivity contribution in [1.29, 1.82) is 0 Å². The summed E-state index contributed by atoms with van der Waals surface area (Å²) >= 11 is 0. The Bertz CT molecular complexity index is 828. The molecule has 0 saturated carbocycles. The van der Waals surface area contributed by atoms with Crippen LogP contribution in [0.1, 0.15) is 5.89 Å². The molecule has 2 N–H and O–H groups in total. The van der Waals surface area contributed by atoms with Gasteiger partial charge in [-0.3, -0.25) is 0 Å². The van der Waals surface area contributed by atoms with Crippen molar-refractivity contribution in [2.75, 3.05) is 6.54 Å². The molecule has 8 nitrogen and oxygen atoms in total. The number of nitrogens with one attached hydrogen (secondary N) is 2. The van der Waals surface area contributed by atoms with Gasteiger partial charge in [0, 0.05) is 18.5 Å². The summed E-state index contributed by atoms with van der Waals surface area (Å²) in [4.78, 5) is 6.21. The van der Waals surface area contributed by atoms with Gasteiger partial charge in [-0.2, -0.15) is 0 Å². The van der Waals surface area contributed by atoms with Gasteiger partial charge in [0.25, 0.3) is 10.0 Å². The van der Waals surface area contributed by atoms with Crippen LogP contribution < -0.4 is 4.72 Å². The van der Waals surface area contributed by atoms with Crippen LogP contribution in [0.5, 0.6) is 0 Å². The number of aromatic nitrogens is 4. The number of rotatable bonds is 6. The lowest BCUT2D eigenvalue weighted by Crippen LogP contribution is -2.26. The Morgan fingerprint density at radius 3 is 2.73 bits per heavy atom. The van der Waals surface area contributed by atoms with Crippen molar-refractivity contribution >= 4 is 10.0 Å². The molecule has 0 amide bonds. The molecule has 0 unspecified atom stereocenters. The Morgan fingerprint density at radius 1 is 1.18 bits per heavy atom. The highest BCUT2D eigenvalue weighted by molar-refractivity contribution is 7.89. The van der Waals surface area contributed by atoms with Crippen LogP contribution in [0, 0.1) is 0 Å². The zero-order chi connectivity index (χ0) is 15.4. The van der Waals surface area contributed by atoms with Crippen LogP contribution in [-0.4, -0.2) is 35.1 Å². The summed E-state index contributed by atoms with van der Waals surface area (Å²) < 4.78 is 31.7. The first-order chi connectivity index (χ1) is 10.6. The molecule has 0 aliphatic carbocycles. The Morgan fingerprint density at radius 2 is 2.00 bits per heavy atom. The number of hydrogen-bond acceptors (Lipinski definition) is 6. The topological polar surface area (TPSA) is 114 Å². The molecular weight excluding hydrogens is 306 g/mol. The van der Waals surface area contributed by atoms with Crippen LogP contribution in [0.3, 0.4) is 0 Å². The SMILES string of the molecule is O=S(=O)(NCCc1nnc(-c2ccccc2)o1)c1cnc[nH]1. The maximum atomic E-state index is 11.9. The number of aromatic amines is 1. The van der Waals surface area contributed by atoms with Crippen molar-refractivity contribution in [2.45, 2.75) is 11.4 Å². The fourth-order valence-electron chi connectivity index (χ4n) is 1.81. The monoisotopic (exact) mass is 319 g/mol. The molecule has 0 fully saturated rings. The van der Waals surface area contributed by atoms with E-state index in [2.05, 4.69) is 24.9 Å². The molecule has 114 valence electrons. The average molecular weight is 319 g/mol. The van der Waals surface area contributed by atoms with E-state index in [1.165, 1.54) is 12.5 Å². The van der Waals surface area contributed by atoms with E-state index in [0.29, 0.717) is 18.2 Å². The molecule has 0 aliphatic rings. The van der Waals surface area contributed by atoms with Gasteiger partial charge in [0.05, 0.1) is 12.5 Å². The lowest BCUT2D eigenvalue weighted by Gasteiger charge is -2.02. The molecule has 2 aromatic heterocycles. The number of H-pyrrole nitrogens is 1. The van der Waals surface area contributed by atoms with Gasteiger partial charge in [0.15, 0.2) is 5.03 Å². The second-order valence-corrected chi connectivity index (χ2v) is 6.17. The molecule has 0 radical (unpaired) electrons. The van der Waals surface area contributed by atoms with Crippen LogP contribution in [-0.2, 0) is 16.4 Å². The van der Waals surface area contributed by atoms with Crippen molar-refractivity contribution in [1.82, 2.24) is 24.9 Å². The Labute approximate surface area is 126 Å². The summed E-state index contributed by atoms with van der Waals surface area (Å²) in [6.07, 6.45) is 2.84. The molecule has 22 heavy (non-hydrogen) atoms. The normalized spacial score (nSPS) is 11.6. The first-order valence-electron chi connectivity index (χ1n) is 6.51.